The third kappa shape index (κ3) is 1.93. The molecule has 2 aromatic carbocycles. The van der Waals surface area contributed by atoms with Crippen molar-refractivity contribution in [3.63, 3.8) is 0 Å². The summed E-state index contributed by atoms with van der Waals surface area (Å²) in [7, 11) is 3.17. The summed E-state index contributed by atoms with van der Waals surface area (Å²) in [6, 6.07) is 12.7. The maximum Gasteiger partial charge on any atom is 0.345 e. The van der Waals surface area contributed by atoms with E-state index in [0.717, 1.165) is 5.39 Å². The lowest BCUT2D eigenvalue weighted by Crippen LogP contribution is -2.02. The molecule has 0 bridgehead atoms. The summed E-state index contributed by atoms with van der Waals surface area (Å²) in [6.45, 7) is 0. The third-order valence-electron chi connectivity index (χ3n) is 3.91. The van der Waals surface area contributed by atoms with Crippen LogP contribution in [0.15, 0.2) is 51.7 Å². The number of pyridine rings is 1. The molecule has 0 radical (unpaired) electrons. The van der Waals surface area contributed by atoms with Crippen molar-refractivity contribution in [1.29, 1.82) is 0 Å². The first-order valence-corrected chi connectivity index (χ1v) is 7.10. The van der Waals surface area contributed by atoms with Gasteiger partial charge < -0.3 is 13.9 Å². The minimum absolute atomic E-state index is 0.419. The third-order valence-corrected chi connectivity index (χ3v) is 3.91. The second kappa shape index (κ2) is 4.98. The smallest absolute Gasteiger partial charge is 0.345 e. The minimum atomic E-state index is -0.419. The van der Waals surface area contributed by atoms with Crippen LogP contribution >= 0.6 is 0 Å². The molecular weight excluding hydrogens is 294 g/mol. The van der Waals surface area contributed by atoms with Gasteiger partial charge in [-0.1, -0.05) is 12.1 Å². The maximum absolute atomic E-state index is 12.3. The Balaban J connectivity index is 2.28. The Labute approximate surface area is 131 Å². The van der Waals surface area contributed by atoms with Crippen LogP contribution in [0.4, 0.5) is 0 Å². The first-order chi connectivity index (χ1) is 11.2. The van der Waals surface area contributed by atoms with Crippen molar-refractivity contribution < 1.29 is 13.9 Å². The maximum atomic E-state index is 12.3. The van der Waals surface area contributed by atoms with E-state index in [4.69, 9.17) is 13.9 Å². The van der Waals surface area contributed by atoms with Crippen molar-refractivity contribution in [1.82, 2.24) is 4.98 Å². The van der Waals surface area contributed by atoms with Crippen LogP contribution in [0, 0.1) is 0 Å². The van der Waals surface area contributed by atoms with Crippen molar-refractivity contribution in [2.45, 2.75) is 0 Å². The Hall–Kier alpha value is -3.08. The minimum Gasteiger partial charge on any atom is -0.496 e. The van der Waals surface area contributed by atoms with E-state index in [1.165, 1.54) is 0 Å². The van der Waals surface area contributed by atoms with E-state index in [1.807, 2.05) is 18.2 Å². The predicted octanol–water partition coefficient (Wildman–Crippen LogP) is 3.51. The van der Waals surface area contributed by atoms with Crippen molar-refractivity contribution >= 4 is 32.8 Å². The predicted molar refractivity (Wildman–Crippen MR) is 88.4 cm³/mol. The lowest BCUT2D eigenvalue weighted by atomic mass is 10.1. The molecule has 2 aromatic heterocycles. The highest BCUT2D eigenvalue weighted by molar-refractivity contribution is 6.07. The van der Waals surface area contributed by atoms with Gasteiger partial charge in [0.2, 0.25) is 0 Å². The second-order valence-corrected chi connectivity index (χ2v) is 5.14. The molecule has 2 heterocycles. The van der Waals surface area contributed by atoms with Gasteiger partial charge in [-0.25, -0.2) is 9.78 Å². The molecule has 0 aliphatic heterocycles. The number of nitrogens with zero attached hydrogens (tertiary/aromatic N) is 1. The molecule has 0 unspecified atom stereocenters. The Bertz CT molecular complexity index is 1110. The normalized spacial score (nSPS) is 11.2. The van der Waals surface area contributed by atoms with E-state index in [1.54, 1.807) is 38.5 Å². The summed E-state index contributed by atoms with van der Waals surface area (Å²) in [6.07, 6.45) is 0. The molecule has 0 N–H and O–H groups in total. The standard InChI is InChI=1S/C18H13NO4/c1-21-13-7-8-15(22-2)17-11(13)9-12-16(19-17)10-5-3-4-6-14(10)23-18(12)20/h3-9H,1-2H3. The van der Waals surface area contributed by atoms with Gasteiger partial charge in [0, 0.05) is 10.8 Å². The van der Waals surface area contributed by atoms with E-state index in [9.17, 15) is 4.79 Å². The lowest BCUT2D eigenvalue weighted by molar-refractivity contribution is 0.410. The topological polar surface area (TPSA) is 61.6 Å². The van der Waals surface area contributed by atoms with Gasteiger partial charge in [0.05, 0.1) is 25.1 Å². The van der Waals surface area contributed by atoms with Crippen molar-refractivity contribution in [3.8, 4) is 11.5 Å². The zero-order valence-electron chi connectivity index (χ0n) is 12.6. The number of para-hydroxylation sites is 1. The molecule has 4 aromatic rings. The highest BCUT2D eigenvalue weighted by atomic mass is 16.5. The molecule has 114 valence electrons. The number of methoxy groups -OCH3 is 2. The second-order valence-electron chi connectivity index (χ2n) is 5.14. The number of benzene rings is 2. The highest BCUT2D eigenvalue weighted by Crippen LogP contribution is 2.34. The van der Waals surface area contributed by atoms with E-state index in [-0.39, 0.29) is 0 Å². The number of aromatic nitrogens is 1. The van der Waals surface area contributed by atoms with Crippen LogP contribution < -0.4 is 15.1 Å². The Morgan fingerprint density at radius 1 is 0.870 bits per heavy atom. The molecule has 0 aliphatic carbocycles. The lowest BCUT2D eigenvalue weighted by Gasteiger charge is -2.10. The van der Waals surface area contributed by atoms with Crippen LogP contribution in [0.3, 0.4) is 0 Å². The van der Waals surface area contributed by atoms with Crippen LogP contribution in [-0.2, 0) is 0 Å². The number of fused-ring (bicyclic) bond motifs is 4. The summed E-state index contributed by atoms with van der Waals surface area (Å²) < 4.78 is 16.2. The molecular formula is C18H13NO4. The molecule has 4 rings (SSSR count). The molecule has 0 saturated carbocycles. The summed E-state index contributed by atoms with van der Waals surface area (Å²) in [5.74, 6) is 1.25. The SMILES string of the molecule is COc1ccc(OC)c2nc3c(cc12)c(=O)oc1ccccc13. The fourth-order valence-electron chi connectivity index (χ4n) is 2.82. The van der Waals surface area contributed by atoms with Gasteiger partial charge in [-0.05, 0) is 30.3 Å². The van der Waals surface area contributed by atoms with E-state index < -0.39 is 5.63 Å². The number of hydrogen-bond acceptors (Lipinski definition) is 5. The monoisotopic (exact) mass is 307 g/mol. The van der Waals surface area contributed by atoms with Gasteiger partial charge in [-0.2, -0.15) is 0 Å². The van der Waals surface area contributed by atoms with Crippen LogP contribution in [0.1, 0.15) is 0 Å². The van der Waals surface area contributed by atoms with Gasteiger partial charge in [0.15, 0.2) is 0 Å². The van der Waals surface area contributed by atoms with E-state index in [0.29, 0.717) is 38.9 Å². The molecule has 0 saturated heterocycles. The molecule has 0 amide bonds. The molecule has 0 aliphatic rings. The van der Waals surface area contributed by atoms with Gasteiger partial charge in [-0.3, -0.25) is 0 Å². The average Bonchev–Trinajstić information content (AvgIpc) is 2.59. The van der Waals surface area contributed by atoms with E-state index in [2.05, 4.69) is 4.98 Å². The molecule has 0 fully saturated rings. The van der Waals surface area contributed by atoms with Crippen molar-refractivity contribution in [3.05, 3.63) is 52.9 Å². The Morgan fingerprint density at radius 2 is 1.61 bits per heavy atom. The zero-order valence-corrected chi connectivity index (χ0v) is 12.6. The van der Waals surface area contributed by atoms with Crippen LogP contribution in [0.25, 0.3) is 32.8 Å². The van der Waals surface area contributed by atoms with Gasteiger partial charge in [0.1, 0.15) is 22.6 Å². The summed E-state index contributed by atoms with van der Waals surface area (Å²) >= 11 is 0. The Morgan fingerprint density at radius 3 is 2.39 bits per heavy atom. The van der Waals surface area contributed by atoms with Crippen molar-refractivity contribution in [2.24, 2.45) is 0 Å². The largest absolute Gasteiger partial charge is 0.496 e. The molecule has 0 atom stereocenters. The fourth-order valence-corrected chi connectivity index (χ4v) is 2.82. The number of hydrogen-bond donors (Lipinski definition) is 0. The first kappa shape index (κ1) is 13.6. The average molecular weight is 307 g/mol. The summed E-state index contributed by atoms with van der Waals surface area (Å²) in [5, 5.41) is 1.92. The van der Waals surface area contributed by atoms with Crippen LogP contribution in [0.2, 0.25) is 0 Å². The van der Waals surface area contributed by atoms with Gasteiger partial charge in [-0.15, -0.1) is 0 Å². The van der Waals surface area contributed by atoms with Gasteiger partial charge in [0.25, 0.3) is 0 Å². The van der Waals surface area contributed by atoms with E-state index >= 15 is 0 Å². The molecule has 0 spiro atoms. The van der Waals surface area contributed by atoms with Gasteiger partial charge >= 0.3 is 5.63 Å². The summed E-state index contributed by atoms with van der Waals surface area (Å²) in [5.41, 5.74) is 1.34. The molecule has 5 nitrogen and oxygen atoms in total. The first-order valence-electron chi connectivity index (χ1n) is 7.10. The quantitative estimate of drug-likeness (QED) is 0.322. The summed E-state index contributed by atoms with van der Waals surface area (Å²) in [4.78, 5) is 17.0. The van der Waals surface area contributed by atoms with Crippen LogP contribution in [0.5, 0.6) is 11.5 Å². The number of ether oxygens (including phenoxy) is 2. The fraction of sp³-hybridized carbons (Fsp3) is 0.111. The zero-order chi connectivity index (χ0) is 16.0. The highest BCUT2D eigenvalue weighted by Gasteiger charge is 2.14. The van der Waals surface area contributed by atoms with Crippen LogP contribution in [-0.4, -0.2) is 19.2 Å². The molecule has 23 heavy (non-hydrogen) atoms. The van der Waals surface area contributed by atoms with Crippen molar-refractivity contribution in [2.75, 3.05) is 14.2 Å². The molecule has 5 heteroatoms. The Kier molecular flexibility index (Phi) is 2.94. The number of rotatable bonds is 2.